The lowest BCUT2D eigenvalue weighted by Crippen LogP contribution is -2.49. The SMILES string of the molecule is O=C(OCc1ccccc1)N1CCOC(CNCc2occc2Br)C1. The number of nitrogens with zero attached hydrogens (tertiary/aromatic N) is 1. The van der Waals surface area contributed by atoms with Gasteiger partial charge in [-0.3, -0.25) is 0 Å². The minimum atomic E-state index is -0.300. The van der Waals surface area contributed by atoms with Gasteiger partial charge in [0.05, 0.1) is 36.5 Å². The number of amides is 1. The van der Waals surface area contributed by atoms with Crippen molar-refractivity contribution in [3.8, 4) is 0 Å². The zero-order valence-electron chi connectivity index (χ0n) is 13.8. The van der Waals surface area contributed by atoms with Gasteiger partial charge in [0.1, 0.15) is 12.4 Å². The van der Waals surface area contributed by atoms with Crippen LogP contribution in [0.2, 0.25) is 0 Å². The number of carbonyl (C=O) groups excluding carboxylic acids is 1. The predicted molar refractivity (Wildman–Crippen MR) is 96.1 cm³/mol. The Morgan fingerprint density at radius 2 is 2.16 bits per heavy atom. The van der Waals surface area contributed by atoms with Crippen LogP contribution in [0.1, 0.15) is 11.3 Å². The van der Waals surface area contributed by atoms with Crippen LogP contribution in [0.5, 0.6) is 0 Å². The molecule has 25 heavy (non-hydrogen) atoms. The van der Waals surface area contributed by atoms with E-state index in [0.29, 0.717) is 32.8 Å². The summed E-state index contributed by atoms with van der Waals surface area (Å²) in [5.41, 5.74) is 0.978. The monoisotopic (exact) mass is 408 g/mol. The first-order chi connectivity index (χ1) is 12.2. The Hall–Kier alpha value is -1.83. The summed E-state index contributed by atoms with van der Waals surface area (Å²) in [4.78, 5) is 13.9. The minimum absolute atomic E-state index is 0.0632. The highest BCUT2D eigenvalue weighted by atomic mass is 79.9. The van der Waals surface area contributed by atoms with Gasteiger partial charge in [-0.15, -0.1) is 0 Å². The van der Waals surface area contributed by atoms with Crippen LogP contribution in [0.4, 0.5) is 4.79 Å². The van der Waals surface area contributed by atoms with Crippen molar-refractivity contribution in [3.05, 3.63) is 58.5 Å². The van der Waals surface area contributed by atoms with Gasteiger partial charge in [0, 0.05) is 13.1 Å². The van der Waals surface area contributed by atoms with E-state index in [1.165, 1.54) is 0 Å². The Balaban J connectivity index is 1.41. The van der Waals surface area contributed by atoms with Crippen molar-refractivity contribution in [3.63, 3.8) is 0 Å². The van der Waals surface area contributed by atoms with Crippen molar-refractivity contribution in [2.45, 2.75) is 19.3 Å². The first-order valence-corrected chi connectivity index (χ1v) is 9.01. The lowest BCUT2D eigenvalue weighted by molar-refractivity contribution is -0.0272. The summed E-state index contributed by atoms with van der Waals surface area (Å²) in [6, 6.07) is 11.5. The zero-order chi connectivity index (χ0) is 17.5. The predicted octanol–water partition coefficient (Wildman–Crippen LogP) is 3.17. The van der Waals surface area contributed by atoms with Crippen molar-refractivity contribution in [1.29, 1.82) is 0 Å². The van der Waals surface area contributed by atoms with Gasteiger partial charge in [0.25, 0.3) is 0 Å². The lowest BCUT2D eigenvalue weighted by Gasteiger charge is -2.32. The van der Waals surface area contributed by atoms with E-state index in [1.54, 1.807) is 11.2 Å². The van der Waals surface area contributed by atoms with Crippen LogP contribution < -0.4 is 5.32 Å². The molecule has 1 aromatic heterocycles. The van der Waals surface area contributed by atoms with Gasteiger partial charge in [0.15, 0.2) is 0 Å². The van der Waals surface area contributed by atoms with E-state index in [0.717, 1.165) is 15.8 Å². The first kappa shape index (κ1) is 18.0. The van der Waals surface area contributed by atoms with Crippen LogP contribution in [0.3, 0.4) is 0 Å². The lowest BCUT2D eigenvalue weighted by atomic mass is 10.2. The third-order valence-electron chi connectivity index (χ3n) is 3.95. The minimum Gasteiger partial charge on any atom is -0.467 e. The second kappa shape index (κ2) is 9.03. The Bertz CT molecular complexity index is 677. The molecule has 1 unspecified atom stereocenters. The number of hydrogen-bond donors (Lipinski definition) is 1. The molecule has 1 aliphatic rings. The Morgan fingerprint density at radius 3 is 2.92 bits per heavy atom. The molecule has 1 atom stereocenters. The third-order valence-corrected chi connectivity index (χ3v) is 4.66. The van der Waals surface area contributed by atoms with E-state index in [9.17, 15) is 4.79 Å². The van der Waals surface area contributed by atoms with Gasteiger partial charge in [0.2, 0.25) is 0 Å². The van der Waals surface area contributed by atoms with Gasteiger partial charge in [-0.25, -0.2) is 4.79 Å². The smallest absolute Gasteiger partial charge is 0.410 e. The summed E-state index contributed by atoms with van der Waals surface area (Å²) >= 11 is 3.42. The number of morpholine rings is 1. The normalized spacial score (nSPS) is 17.5. The van der Waals surface area contributed by atoms with Gasteiger partial charge >= 0.3 is 6.09 Å². The molecule has 1 fully saturated rings. The number of benzene rings is 1. The molecule has 7 heteroatoms. The number of ether oxygens (including phenoxy) is 2. The fourth-order valence-corrected chi connectivity index (χ4v) is 2.96. The van der Waals surface area contributed by atoms with Crippen LogP contribution >= 0.6 is 15.9 Å². The molecule has 0 radical (unpaired) electrons. The molecule has 2 aromatic rings. The largest absolute Gasteiger partial charge is 0.467 e. The van der Waals surface area contributed by atoms with Crippen LogP contribution in [0.15, 0.2) is 51.6 Å². The van der Waals surface area contributed by atoms with E-state index in [1.807, 2.05) is 36.4 Å². The number of halogens is 1. The van der Waals surface area contributed by atoms with E-state index in [-0.39, 0.29) is 18.8 Å². The van der Waals surface area contributed by atoms with Crippen molar-refractivity contribution in [2.24, 2.45) is 0 Å². The number of hydrogen-bond acceptors (Lipinski definition) is 5. The highest BCUT2D eigenvalue weighted by Gasteiger charge is 2.25. The maximum atomic E-state index is 12.2. The zero-order valence-corrected chi connectivity index (χ0v) is 15.4. The fraction of sp³-hybridized carbons (Fsp3) is 0.389. The van der Waals surface area contributed by atoms with Gasteiger partial charge in [-0.05, 0) is 27.6 Å². The van der Waals surface area contributed by atoms with Crippen LogP contribution in [0.25, 0.3) is 0 Å². The molecule has 0 saturated carbocycles. The molecule has 1 aromatic carbocycles. The van der Waals surface area contributed by atoms with Crippen LogP contribution in [0, 0.1) is 0 Å². The van der Waals surface area contributed by atoms with Crippen molar-refractivity contribution in [1.82, 2.24) is 10.2 Å². The van der Waals surface area contributed by atoms with E-state index >= 15 is 0 Å². The molecule has 1 saturated heterocycles. The molecule has 2 heterocycles. The third kappa shape index (κ3) is 5.32. The van der Waals surface area contributed by atoms with Gasteiger partial charge in [-0.2, -0.15) is 0 Å². The average Bonchev–Trinajstić information content (AvgIpc) is 3.06. The number of furan rings is 1. The highest BCUT2D eigenvalue weighted by Crippen LogP contribution is 2.17. The first-order valence-electron chi connectivity index (χ1n) is 8.22. The summed E-state index contributed by atoms with van der Waals surface area (Å²) in [5.74, 6) is 0.843. The topological polar surface area (TPSA) is 63.9 Å². The molecule has 134 valence electrons. The molecule has 1 N–H and O–H groups in total. The summed E-state index contributed by atoms with van der Waals surface area (Å²) in [5, 5.41) is 3.29. The van der Waals surface area contributed by atoms with Crippen LogP contribution in [-0.4, -0.2) is 43.3 Å². The highest BCUT2D eigenvalue weighted by molar-refractivity contribution is 9.10. The quantitative estimate of drug-likeness (QED) is 0.794. The second-order valence-corrected chi connectivity index (χ2v) is 6.66. The molecule has 0 bridgehead atoms. The van der Waals surface area contributed by atoms with E-state index in [2.05, 4.69) is 21.2 Å². The second-order valence-electron chi connectivity index (χ2n) is 5.80. The van der Waals surface area contributed by atoms with Crippen molar-refractivity contribution >= 4 is 22.0 Å². The number of nitrogens with one attached hydrogen (secondary N) is 1. The summed E-state index contributed by atoms with van der Waals surface area (Å²) in [7, 11) is 0. The van der Waals surface area contributed by atoms with Crippen molar-refractivity contribution in [2.75, 3.05) is 26.2 Å². The molecular weight excluding hydrogens is 388 g/mol. The Kier molecular flexibility index (Phi) is 6.49. The summed E-state index contributed by atoms with van der Waals surface area (Å²) < 4.78 is 17.4. The Morgan fingerprint density at radius 1 is 1.32 bits per heavy atom. The molecule has 1 aliphatic heterocycles. The van der Waals surface area contributed by atoms with Crippen molar-refractivity contribution < 1.29 is 18.7 Å². The summed E-state index contributed by atoms with van der Waals surface area (Å²) in [6.45, 7) is 3.10. The molecule has 3 rings (SSSR count). The molecule has 1 amide bonds. The van der Waals surface area contributed by atoms with E-state index < -0.39 is 0 Å². The molecule has 6 nitrogen and oxygen atoms in total. The number of rotatable bonds is 6. The van der Waals surface area contributed by atoms with Gasteiger partial charge in [-0.1, -0.05) is 30.3 Å². The number of carbonyl (C=O) groups is 1. The Labute approximate surface area is 155 Å². The van der Waals surface area contributed by atoms with Gasteiger partial charge < -0.3 is 24.1 Å². The maximum Gasteiger partial charge on any atom is 0.410 e. The standard InChI is InChI=1S/C18H21BrN2O4/c19-16-6-8-24-17(16)11-20-10-15-12-21(7-9-23-15)18(22)25-13-14-4-2-1-3-5-14/h1-6,8,15,20H,7,9-13H2. The maximum absolute atomic E-state index is 12.2. The molecule has 0 spiro atoms. The summed E-state index contributed by atoms with van der Waals surface area (Å²) in [6.07, 6.45) is 1.28. The molecule has 0 aliphatic carbocycles. The van der Waals surface area contributed by atoms with Crippen LogP contribution in [-0.2, 0) is 22.6 Å². The van der Waals surface area contributed by atoms with E-state index in [4.69, 9.17) is 13.9 Å². The average molecular weight is 409 g/mol. The molecular formula is C18H21BrN2O4. The fourth-order valence-electron chi connectivity index (χ4n) is 2.62.